The van der Waals surface area contributed by atoms with Crippen LogP contribution in [0.2, 0.25) is 0 Å². The number of pyridine rings is 1. The predicted octanol–water partition coefficient (Wildman–Crippen LogP) is 4.83. The molecule has 2 aromatic carbocycles. The van der Waals surface area contributed by atoms with Crippen LogP contribution in [0.4, 0.5) is 29.1 Å². The van der Waals surface area contributed by atoms with Gasteiger partial charge in [0.1, 0.15) is 17.3 Å². The van der Waals surface area contributed by atoms with Gasteiger partial charge >= 0.3 is 6.18 Å². The number of rotatable bonds is 10. The Bertz CT molecular complexity index is 1490. The molecule has 2 atom stereocenters. The average Bonchev–Trinajstić information content (AvgIpc) is 3.39. The van der Waals surface area contributed by atoms with Gasteiger partial charge in [0.25, 0.3) is 0 Å². The lowest BCUT2D eigenvalue weighted by molar-refractivity contribution is -0.141. The second-order valence-electron chi connectivity index (χ2n) is 9.88. The summed E-state index contributed by atoms with van der Waals surface area (Å²) in [6.07, 6.45) is -3.36. The largest absolute Gasteiger partial charge is 0.433 e. The second-order valence-corrected chi connectivity index (χ2v) is 11.6. The molecule has 13 heteroatoms. The Morgan fingerprint density at radius 1 is 1.15 bits per heavy atom. The van der Waals surface area contributed by atoms with Crippen LogP contribution in [0.15, 0.2) is 60.7 Å². The predicted molar refractivity (Wildman–Crippen MR) is 146 cm³/mol. The molecule has 41 heavy (non-hydrogen) atoms. The molecule has 0 saturated carbocycles. The van der Waals surface area contributed by atoms with E-state index >= 15 is 0 Å². The lowest BCUT2D eigenvalue weighted by atomic mass is 9.99. The summed E-state index contributed by atoms with van der Waals surface area (Å²) in [5, 5.41) is 2.70. The highest BCUT2D eigenvalue weighted by Crippen LogP contribution is 2.32. The standard InChI is InChI=1S/C28H30F4N4O4S/c1-18(20-8-10-24(23(29)14-20)35-41(2,38)39)27(37)33-15-21-9-11-25(28(30,31)32)34-26(21)36-13-12-22(16-36)40-17-19-6-4-3-5-7-19/h3-11,14,18,22,35H,12-13,15-17H2,1-2H3,(H,33,37)/t18-,22+/m0/s1. The van der Waals surface area contributed by atoms with Crippen LogP contribution in [0.25, 0.3) is 0 Å². The molecule has 1 aromatic heterocycles. The van der Waals surface area contributed by atoms with Gasteiger partial charge in [-0.2, -0.15) is 13.2 Å². The van der Waals surface area contributed by atoms with Crippen LogP contribution >= 0.6 is 0 Å². The molecule has 220 valence electrons. The Balaban J connectivity index is 1.45. The van der Waals surface area contributed by atoms with Crippen molar-refractivity contribution in [3.63, 3.8) is 0 Å². The van der Waals surface area contributed by atoms with Crippen molar-refractivity contribution in [2.45, 2.75) is 44.7 Å². The first-order valence-electron chi connectivity index (χ1n) is 12.8. The number of hydrogen-bond donors (Lipinski definition) is 2. The van der Waals surface area contributed by atoms with E-state index < -0.39 is 39.5 Å². The average molecular weight is 595 g/mol. The van der Waals surface area contributed by atoms with Crippen LogP contribution in [-0.2, 0) is 38.9 Å². The summed E-state index contributed by atoms with van der Waals surface area (Å²) in [6.45, 7) is 2.58. The molecule has 2 heterocycles. The number of aromatic nitrogens is 1. The van der Waals surface area contributed by atoms with E-state index in [0.29, 0.717) is 37.2 Å². The van der Waals surface area contributed by atoms with E-state index in [4.69, 9.17) is 4.74 Å². The highest BCUT2D eigenvalue weighted by molar-refractivity contribution is 7.92. The highest BCUT2D eigenvalue weighted by Gasteiger charge is 2.35. The molecule has 1 aliphatic heterocycles. The monoisotopic (exact) mass is 594 g/mol. The molecule has 1 aliphatic rings. The molecule has 1 amide bonds. The van der Waals surface area contributed by atoms with Crippen LogP contribution in [0, 0.1) is 5.82 Å². The fourth-order valence-electron chi connectivity index (χ4n) is 4.46. The van der Waals surface area contributed by atoms with Crippen molar-refractivity contribution >= 4 is 27.4 Å². The number of halogens is 4. The van der Waals surface area contributed by atoms with Crippen molar-refractivity contribution < 1.29 is 35.5 Å². The minimum Gasteiger partial charge on any atom is -0.372 e. The maximum atomic E-state index is 14.4. The minimum absolute atomic E-state index is 0.105. The number of benzene rings is 2. The van der Waals surface area contributed by atoms with E-state index in [1.54, 1.807) is 4.90 Å². The zero-order chi connectivity index (χ0) is 29.8. The zero-order valence-electron chi connectivity index (χ0n) is 22.4. The summed E-state index contributed by atoms with van der Waals surface area (Å²) in [5.41, 5.74) is 0.384. The van der Waals surface area contributed by atoms with Gasteiger partial charge in [-0.3, -0.25) is 9.52 Å². The number of carbonyl (C=O) groups is 1. The third-order valence-electron chi connectivity index (χ3n) is 6.65. The van der Waals surface area contributed by atoms with Crippen LogP contribution in [0.3, 0.4) is 0 Å². The molecular formula is C28H30F4N4O4S. The molecule has 0 bridgehead atoms. The summed E-state index contributed by atoms with van der Waals surface area (Å²) in [6, 6.07) is 15.4. The van der Waals surface area contributed by atoms with E-state index in [2.05, 4.69) is 15.0 Å². The number of sulfonamides is 1. The normalized spacial score (nSPS) is 16.4. The van der Waals surface area contributed by atoms with E-state index in [1.807, 2.05) is 30.3 Å². The van der Waals surface area contributed by atoms with Crippen molar-refractivity contribution in [2.24, 2.45) is 0 Å². The molecule has 3 aromatic rings. The summed E-state index contributed by atoms with van der Waals surface area (Å²) in [4.78, 5) is 18.5. The van der Waals surface area contributed by atoms with Crippen LogP contribution in [0.5, 0.6) is 0 Å². The molecule has 0 spiro atoms. The molecule has 0 aliphatic carbocycles. The van der Waals surface area contributed by atoms with Gasteiger partial charge in [-0.1, -0.05) is 42.5 Å². The Hall–Kier alpha value is -3.71. The number of ether oxygens (including phenoxy) is 1. The quantitative estimate of drug-likeness (QED) is 0.327. The van der Waals surface area contributed by atoms with Crippen molar-refractivity contribution in [2.75, 3.05) is 29.0 Å². The smallest absolute Gasteiger partial charge is 0.372 e. The van der Waals surface area contributed by atoms with Crippen molar-refractivity contribution in [1.29, 1.82) is 0 Å². The number of nitrogens with zero attached hydrogens (tertiary/aromatic N) is 2. The van der Waals surface area contributed by atoms with E-state index in [0.717, 1.165) is 24.0 Å². The van der Waals surface area contributed by atoms with Gasteiger partial charge in [-0.05, 0) is 42.7 Å². The highest BCUT2D eigenvalue weighted by atomic mass is 32.2. The third-order valence-corrected chi connectivity index (χ3v) is 7.25. The zero-order valence-corrected chi connectivity index (χ0v) is 23.2. The van der Waals surface area contributed by atoms with E-state index in [9.17, 15) is 30.8 Å². The van der Waals surface area contributed by atoms with Gasteiger partial charge < -0.3 is 15.0 Å². The molecule has 8 nitrogen and oxygen atoms in total. The van der Waals surface area contributed by atoms with Gasteiger partial charge in [0, 0.05) is 25.2 Å². The molecule has 1 saturated heterocycles. The molecule has 0 radical (unpaired) electrons. The Morgan fingerprint density at radius 3 is 2.54 bits per heavy atom. The lowest BCUT2D eigenvalue weighted by Crippen LogP contribution is -2.30. The minimum atomic E-state index is -4.64. The SMILES string of the molecule is C[C@H](C(=O)NCc1ccc(C(F)(F)F)nc1N1CC[C@@H](OCc2ccccc2)C1)c1ccc(NS(C)(=O)=O)c(F)c1. The van der Waals surface area contributed by atoms with Gasteiger partial charge in [0.15, 0.2) is 0 Å². The topological polar surface area (TPSA) is 101 Å². The van der Waals surface area contributed by atoms with Gasteiger partial charge in [0.05, 0.1) is 30.6 Å². The number of amides is 1. The molecule has 2 N–H and O–H groups in total. The fourth-order valence-corrected chi connectivity index (χ4v) is 5.03. The summed E-state index contributed by atoms with van der Waals surface area (Å²) >= 11 is 0. The molecule has 0 unspecified atom stereocenters. The van der Waals surface area contributed by atoms with Gasteiger partial charge in [0.2, 0.25) is 15.9 Å². The summed E-state index contributed by atoms with van der Waals surface area (Å²) in [5.74, 6) is -2.06. The maximum Gasteiger partial charge on any atom is 0.433 e. The lowest BCUT2D eigenvalue weighted by Gasteiger charge is -2.23. The molecule has 1 fully saturated rings. The van der Waals surface area contributed by atoms with Crippen molar-refractivity contribution in [3.05, 3.63) is 88.9 Å². The molecular weight excluding hydrogens is 564 g/mol. The number of alkyl halides is 3. The number of hydrogen-bond acceptors (Lipinski definition) is 6. The first-order valence-corrected chi connectivity index (χ1v) is 14.7. The van der Waals surface area contributed by atoms with Crippen molar-refractivity contribution in [3.8, 4) is 0 Å². The second kappa shape index (κ2) is 12.4. The summed E-state index contributed by atoms with van der Waals surface area (Å²) < 4.78 is 85.7. The van der Waals surface area contributed by atoms with E-state index in [1.165, 1.54) is 25.1 Å². The Morgan fingerprint density at radius 2 is 1.88 bits per heavy atom. The third kappa shape index (κ3) is 8.17. The Kier molecular flexibility index (Phi) is 9.17. The first-order chi connectivity index (χ1) is 19.3. The van der Waals surface area contributed by atoms with Crippen LogP contribution in [-0.4, -0.2) is 44.8 Å². The fraction of sp³-hybridized carbons (Fsp3) is 0.357. The van der Waals surface area contributed by atoms with Crippen LogP contribution in [0.1, 0.15) is 41.6 Å². The number of nitrogens with one attached hydrogen (secondary N) is 2. The maximum absolute atomic E-state index is 14.4. The number of carbonyl (C=O) groups excluding carboxylic acids is 1. The molecule has 4 rings (SSSR count). The van der Waals surface area contributed by atoms with Crippen LogP contribution < -0.4 is 14.9 Å². The van der Waals surface area contributed by atoms with Crippen molar-refractivity contribution in [1.82, 2.24) is 10.3 Å². The Labute approximate surface area is 235 Å². The first kappa shape index (κ1) is 30.3. The van der Waals surface area contributed by atoms with Gasteiger partial charge in [-0.15, -0.1) is 0 Å². The summed E-state index contributed by atoms with van der Waals surface area (Å²) in [7, 11) is -3.69. The van der Waals surface area contributed by atoms with E-state index in [-0.39, 0.29) is 24.2 Å². The number of anilines is 2. The van der Waals surface area contributed by atoms with Gasteiger partial charge in [-0.25, -0.2) is 17.8 Å².